The van der Waals surface area contributed by atoms with Crippen molar-refractivity contribution in [2.24, 2.45) is 0 Å². The Morgan fingerprint density at radius 1 is 0.933 bits per heavy atom. The molecule has 2 aromatic heterocycles. The maximum absolute atomic E-state index is 12.6. The lowest BCUT2D eigenvalue weighted by atomic mass is 10.1. The SMILES string of the molecule is COCc1c(C(=O)OCc2ccc(OCc3ccccn3)cc2)oc2ccccc12. The zero-order valence-electron chi connectivity index (χ0n) is 16.5. The number of pyridine rings is 1. The Hall–Kier alpha value is -3.64. The Kier molecular flexibility index (Phi) is 6.06. The highest BCUT2D eigenvalue weighted by Crippen LogP contribution is 2.27. The van der Waals surface area contributed by atoms with E-state index < -0.39 is 5.97 Å². The minimum absolute atomic E-state index is 0.128. The van der Waals surface area contributed by atoms with Crippen LogP contribution in [-0.4, -0.2) is 18.1 Å². The topological polar surface area (TPSA) is 70.8 Å². The number of ether oxygens (including phenoxy) is 3. The number of hydrogen-bond donors (Lipinski definition) is 0. The number of carbonyl (C=O) groups is 1. The number of nitrogens with zero attached hydrogens (tertiary/aromatic N) is 1. The summed E-state index contributed by atoms with van der Waals surface area (Å²) >= 11 is 0. The van der Waals surface area contributed by atoms with E-state index in [4.69, 9.17) is 18.6 Å². The first-order valence-corrected chi connectivity index (χ1v) is 9.52. The molecule has 0 saturated carbocycles. The summed E-state index contributed by atoms with van der Waals surface area (Å²) in [6.07, 6.45) is 1.73. The fourth-order valence-corrected chi connectivity index (χ4v) is 3.09. The van der Waals surface area contributed by atoms with Crippen molar-refractivity contribution in [2.75, 3.05) is 7.11 Å². The smallest absolute Gasteiger partial charge is 0.374 e. The molecule has 2 aromatic carbocycles. The zero-order valence-corrected chi connectivity index (χ0v) is 16.5. The molecule has 0 N–H and O–H groups in total. The molecule has 0 unspecified atom stereocenters. The third-order valence-corrected chi connectivity index (χ3v) is 4.58. The fraction of sp³-hybridized carbons (Fsp3) is 0.167. The zero-order chi connectivity index (χ0) is 20.8. The molecule has 0 spiro atoms. The second-order valence-electron chi connectivity index (χ2n) is 6.67. The third kappa shape index (κ3) is 4.50. The van der Waals surface area contributed by atoms with Gasteiger partial charge in [0.1, 0.15) is 24.5 Å². The Labute approximate surface area is 174 Å². The largest absolute Gasteiger partial charge is 0.487 e. The number of methoxy groups -OCH3 is 1. The van der Waals surface area contributed by atoms with Crippen molar-refractivity contribution < 1.29 is 23.4 Å². The predicted octanol–water partition coefficient (Wildman–Crippen LogP) is 4.91. The van der Waals surface area contributed by atoms with E-state index >= 15 is 0 Å². The normalized spacial score (nSPS) is 10.8. The Bertz CT molecular complexity index is 1120. The molecule has 0 atom stereocenters. The molecular formula is C24H21NO5. The predicted molar refractivity (Wildman–Crippen MR) is 111 cm³/mol. The lowest BCUT2D eigenvalue weighted by molar-refractivity contribution is 0.0432. The van der Waals surface area contributed by atoms with Gasteiger partial charge in [0.05, 0.1) is 12.3 Å². The van der Waals surface area contributed by atoms with E-state index in [1.165, 1.54) is 0 Å². The van der Waals surface area contributed by atoms with Gasteiger partial charge in [-0.25, -0.2) is 4.79 Å². The van der Waals surface area contributed by atoms with Crippen molar-refractivity contribution in [2.45, 2.75) is 19.8 Å². The summed E-state index contributed by atoms with van der Waals surface area (Å²) in [5, 5.41) is 0.848. The van der Waals surface area contributed by atoms with E-state index in [0.29, 0.717) is 17.8 Å². The van der Waals surface area contributed by atoms with Gasteiger partial charge in [-0.15, -0.1) is 0 Å². The van der Waals surface area contributed by atoms with E-state index in [2.05, 4.69) is 4.98 Å². The summed E-state index contributed by atoms with van der Waals surface area (Å²) in [5.41, 5.74) is 3.02. The number of carbonyl (C=O) groups excluding carboxylic acids is 1. The van der Waals surface area contributed by atoms with Crippen molar-refractivity contribution in [3.05, 3.63) is 95.5 Å². The summed E-state index contributed by atoms with van der Waals surface area (Å²) in [6, 6.07) is 20.5. The number of benzene rings is 2. The third-order valence-electron chi connectivity index (χ3n) is 4.58. The van der Waals surface area contributed by atoms with Crippen molar-refractivity contribution in [1.29, 1.82) is 0 Å². The van der Waals surface area contributed by atoms with Gasteiger partial charge in [0.15, 0.2) is 0 Å². The summed E-state index contributed by atoms with van der Waals surface area (Å²) in [7, 11) is 1.58. The van der Waals surface area contributed by atoms with Crippen LogP contribution in [0.4, 0.5) is 0 Å². The number of hydrogen-bond acceptors (Lipinski definition) is 6. The van der Waals surface area contributed by atoms with Crippen LogP contribution in [0.25, 0.3) is 11.0 Å². The standard InChI is InChI=1S/C24H21NO5/c1-27-16-21-20-7-2-3-8-22(20)30-23(21)24(26)29-14-17-9-11-19(12-10-17)28-15-18-6-4-5-13-25-18/h2-13H,14-16H2,1H3. The number of aromatic nitrogens is 1. The summed E-state index contributed by atoms with van der Waals surface area (Å²) in [6.45, 7) is 0.788. The summed E-state index contributed by atoms with van der Waals surface area (Å²) < 4.78 is 22.1. The van der Waals surface area contributed by atoms with Gasteiger partial charge in [-0.3, -0.25) is 4.98 Å². The first kappa shape index (κ1) is 19.7. The van der Waals surface area contributed by atoms with Crippen LogP contribution in [0.3, 0.4) is 0 Å². The molecule has 0 aliphatic heterocycles. The minimum atomic E-state index is -0.520. The Morgan fingerprint density at radius 3 is 2.50 bits per heavy atom. The Balaban J connectivity index is 1.38. The maximum Gasteiger partial charge on any atom is 0.374 e. The fourth-order valence-electron chi connectivity index (χ4n) is 3.09. The molecule has 6 nitrogen and oxygen atoms in total. The molecular weight excluding hydrogens is 382 g/mol. The van der Waals surface area contributed by atoms with Crippen molar-refractivity contribution >= 4 is 16.9 Å². The molecule has 0 bridgehead atoms. The molecule has 152 valence electrons. The van der Waals surface area contributed by atoms with Crippen LogP contribution in [0.5, 0.6) is 5.75 Å². The highest BCUT2D eigenvalue weighted by Gasteiger charge is 2.21. The Morgan fingerprint density at radius 2 is 1.73 bits per heavy atom. The number of esters is 1. The van der Waals surface area contributed by atoms with Crippen LogP contribution in [0.15, 0.2) is 77.3 Å². The molecule has 0 aliphatic rings. The highest BCUT2D eigenvalue weighted by molar-refractivity contribution is 5.96. The van der Waals surface area contributed by atoms with Gasteiger partial charge in [0.2, 0.25) is 5.76 Å². The summed E-state index contributed by atoms with van der Waals surface area (Å²) in [5.74, 6) is 0.373. The molecule has 30 heavy (non-hydrogen) atoms. The molecule has 0 amide bonds. The van der Waals surface area contributed by atoms with Gasteiger partial charge in [-0.1, -0.05) is 36.4 Å². The van der Waals surface area contributed by atoms with E-state index in [1.807, 2.05) is 66.7 Å². The van der Waals surface area contributed by atoms with Gasteiger partial charge in [-0.2, -0.15) is 0 Å². The number of fused-ring (bicyclic) bond motifs is 1. The summed E-state index contributed by atoms with van der Waals surface area (Å²) in [4.78, 5) is 16.8. The molecule has 0 fully saturated rings. The van der Waals surface area contributed by atoms with Crippen molar-refractivity contribution in [3.63, 3.8) is 0 Å². The van der Waals surface area contributed by atoms with Gasteiger partial charge in [0, 0.05) is 24.3 Å². The molecule has 0 aliphatic carbocycles. The molecule has 0 saturated heterocycles. The van der Waals surface area contributed by atoms with Crippen LogP contribution in [0, 0.1) is 0 Å². The van der Waals surface area contributed by atoms with E-state index in [0.717, 1.165) is 22.4 Å². The van der Waals surface area contributed by atoms with Gasteiger partial charge in [0.25, 0.3) is 0 Å². The average Bonchev–Trinajstić information content (AvgIpc) is 3.16. The first-order valence-electron chi connectivity index (χ1n) is 9.52. The van der Waals surface area contributed by atoms with E-state index in [1.54, 1.807) is 13.3 Å². The van der Waals surface area contributed by atoms with Crippen LogP contribution in [0.1, 0.15) is 27.4 Å². The molecule has 4 rings (SSSR count). The van der Waals surface area contributed by atoms with Crippen LogP contribution in [-0.2, 0) is 29.3 Å². The lowest BCUT2D eigenvalue weighted by Gasteiger charge is -2.08. The van der Waals surface area contributed by atoms with Gasteiger partial charge in [-0.05, 0) is 35.9 Å². The molecule has 0 radical (unpaired) electrons. The first-order chi connectivity index (χ1) is 14.7. The van der Waals surface area contributed by atoms with Crippen LogP contribution < -0.4 is 4.74 Å². The van der Waals surface area contributed by atoms with Gasteiger partial charge >= 0.3 is 5.97 Å². The average molecular weight is 403 g/mol. The number of rotatable bonds is 8. The van der Waals surface area contributed by atoms with Crippen molar-refractivity contribution in [1.82, 2.24) is 4.98 Å². The quantitative estimate of drug-likeness (QED) is 0.389. The second-order valence-corrected chi connectivity index (χ2v) is 6.67. The minimum Gasteiger partial charge on any atom is -0.487 e. The number of furan rings is 1. The van der Waals surface area contributed by atoms with Crippen molar-refractivity contribution in [3.8, 4) is 5.75 Å². The van der Waals surface area contributed by atoms with Crippen LogP contribution in [0.2, 0.25) is 0 Å². The van der Waals surface area contributed by atoms with E-state index in [9.17, 15) is 4.79 Å². The van der Waals surface area contributed by atoms with E-state index in [-0.39, 0.29) is 19.0 Å². The number of para-hydroxylation sites is 1. The molecule has 4 aromatic rings. The monoisotopic (exact) mass is 403 g/mol. The lowest BCUT2D eigenvalue weighted by Crippen LogP contribution is -2.07. The second kappa shape index (κ2) is 9.24. The van der Waals surface area contributed by atoms with Gasteiger partial charge < -0.3 is 18.6 Å². The molecule has 6 heteroatoms. The molecule has 2 heterocycles. The highest BCUT2D eigenvalue weighted by atomic mass is 16.5. The maximum atomic E-state index is 12.6. The van der Waals surface area contributed by atoms with Crippen LogP contribution >= 0.6 is 0 Å².